The highest BCUT2D eigenvalue weighted by atomic mass is 35.5. The SMILES string of the molecule is O=[N+]([O-])c1cc(Cl)ccc1Cn1ccc(CO)c1. The summed E-state index contributed by atoms with van der Waals surface area (Å²) in [4.78, 5) is 10.5. The molecular weight excluding hydrogens is 256 g/mol. The van der Waals surface area contributed by atoms with E-state index in [0.717, 1.165) is 5.56 Å². The van der Waals surface area contributed by atoms with Crippen LogP contribution in [0.2, 0.25) is 5.02 Å². The van der Waals surface area contributed by atoms with E-state index in [-0.39, 0.29) is 12.3 Å². The van der Waals surface area contributed by atoms with Crippen molar-refractivity contribution in [2.45, 2.75) is 13.2 Å². The van der Waals surface area contributed by atoms with E-state index in [1.165, 1.54) is 6.07 Å². The molecule has 18 heavy (non-hydrogen) atoms. The van der Waals surface area contributed by atoms with Gasteiger partial charge in [0.25, 0.3) is 5.69 Å². The van der Waals surface area contributed by atoms with Crippen LogP contribution in [0.25, 0.3) is 0 Å². The number of nitro groups is 1. The summed E-state index contributed by atoms with van der Waals surface area (Å²) in [6.45, 7) is 0.323. The predicted octanol–water partition coefficient (Wildman–Crippen LogP) is 2.59. The molecule has 0 saturated carbocycles. The predicted molar refractivity (Wildman–Crippen MR) is 67.6 cm³/mol. The maximum atomic E-state index is 10.9. The number of hydrogen-bond donors (Lipinski definition) is 1. The van der Waals surface area contributed by atoms with E-state index >= 15 is 0 Å². The zero-order valence-electron chi connectivity index (χ0n) is 9.41. The Balaban J connectivity index is 2.30. The van der Waals surface area contributed by atoms with Crippen molar-refractivity contribution in [3.63, 3.8) is 0 Å². The van der Waals surface area contributed by atoms with Gasteiger partial charge in [-0.15, -0.1) is 0 Å². The first-order chi connectivity index (χ1) is 8.60. The number of benzene rings is 1. The minimum absolute atomic E-state index is 0.00162. The summed E-state index contributed by atoms with van der Waals surface area (Å²) in [6.07, 6.45) is 3.52. The summed E-state index contributed by atoms with van der Waals surface area (Å²) in [7, 11) is 0. The largest absolute Gasteiger partial charge is 0.392 e. The highest BCUT2D eigenvalue weighted by Gasteiger charge is 2.14. The van der Waals surface area contributed by atoms with Crippen LogP contribution in [-0.2, 0) is 13.2 Å². The Hall–Kier alpha value is -1.85. The highest BCUT2D eigenvalue weighted by molar-refractivity contribution is 6.30. The summed E-state index contributed by atoms with van der Waals surface area (Å²) in [5.41, 5.74) is 1.35. The lowest BCUT2D eigenvalue weighted by Crippen LogP contribution is -2.01. The van der Waals surface area contributed by atoms with Gasteiger partial charge in [0.05, 0.1) is 18.1 Å². The molecular formula is C12H11ClN2O3. The smallest absolute Gasteiger partial charge is 0.275 e. The molecule has 0 amide bonds. The molecule has 6 heteroatoms. The molecule has 0 aliphatic carbocycles. The van der Waals surface area contributed by atoms with E-state index in [1.807, 2.05) is 0 Å². The molecule has 1 heterocycles. The molecule has 2 aromatic rings. The molecule has 0 atom stereocenters. The van der Waals surface area contributed by atoms with Crippen LogP contribution in [0.5, 0.6) is 0 Å². The van der Waals surface area contributed by atoms with Gasteiger partial charge in [-0.25, -0.2) is 0 Å². The Kier molecular flexibility index (Phi) is 3.64. The summed E-state index contributed by atoms with van der Waals surface area (Å²) >= 11 is 5.75. The molecule has 0 radical (unpaired) electrons. The van der Waals surface area contributed by atoms with Crippen LogP contribution in [0.4, 0.5) is 5.69 Å². The number of rotatable bonds is 4. The second-order valence-corrected chi connectivity index (χ2v) is 4.32. The number of hydrogen-bond acceptors (Lipinski definition) is 3. The van der Waals surface area contributed by atoms with Crippen molar-refractivity contribution in [1.29, 1.82) is 0 Å². The molecule has 1 aromatic carbocycles. The standard InChI is InChI=1S/C12H11ClN2O3/c13-11-2-1-10(12(5-11)15(17)18)7-14-4-3-9(6-14)8-16/h1-6,16H,7-8H2. The molecule has 2 rings (SSSR count). The molecule has 1 aromatic heterocycles. The first-order valence-electron chi connectivity index (χ1n) is 5.28. The molecule has 0 fully saturated rings. The number of nitro benzene ring substituents is 1. The molecule has 5 nitrogen and oxygen atoms in total. The third-order valence-electron chi connectivity index (χ3n) is 2.59. The molecule has 0 saturated heterocycles. The minimum atomic E-state index is -0.447. The van der Waals surface area contributed by atoms with Gasteiger partial charge in [0.15, 0.2) is 0 Å². The van der Waals surface area contributed by atoms with Crippen molar-refractivity contribution in [3.8, 4) is 0 Å². The van der Waals surface area contributed by atoms with Crippen molar-refractivity contribution < 1.29 is 10.0 Å². The van der Waals surface area contributed by atoms with Gasteiger partial charge < -0.3 is 9.67 Å². The molecule has 0 spiro atoms. The molecule has 1 N–H and O–H groups in total. The monoisotopic (exact) mass is 266 g/mol. The van der Waals surface area contributed by atoms with E-state index in [4.69, 9.17) is 16.7 Å². The molecule has 0 aliphatic rings. The molecule has 0 unspecified atom stereocenters. The zero-order valence-corrected chi connectivity index (χ0v) is 10.2. The van der Waals surface area contributed by atoms with Crippen molar-refractivity contribution in [1.82, 2.24) is 4.57 Å². The van der Waals surface area contributed by atoms with Crippen molar-refractivity contribution in [3.05, 3.63) is 62.9 Å². The van der Waals surface area contributed by atoms with Crippen LogP contribution in [-0.4, -0.2) is 14.6 Å². The Labute approximate surface area is 108 Å². The molecule has 94 valence electrons. The normalized spacial score (nSPS) is 10.6. The van der Waals surface area contributed by atoms with Gasteiger partial charge in [-0.1, -0.05) is 11.6 Å². The van der Waals surface area contributed by atoms with Crippen LogP contribution >= 0.6 is 11.6 Å². The highest BCUT2D eigenvalue weighted by Crippen LogP contribution is 2.24. The first-order valence-corrected chi connectivity index (χ1v) is 5.66. The van der Waals surface area contributed by atoms with E-state index in [1.54, 1.807) is 35.2 Å². The number of nitrogens with zero attached hydrogens (tertiary/aromatic N) is 2. The fraction of sp³-hybridized carbons (Fsp3) is 0.167. The lowest BCUT2D eigenvalue weighted by Gasteiger charge is -2.04. The van der Waals surface area contributed by atoms with Crippen LogP contribution in [0.15, 0.2) is 36.7 Å². The van der Waals surface area contributed by atoms with Crippen molar-refractivity contribution in [2.75, 3.05) is 0 Å². The lowest BCUT2D eigenvalue weighted by atomic mass is 10.2. The first kappa shape index (κ1) is 12.6. The third-order valence-corrected chi connectivity index (χ3v) is 2.83. The third kappa shape index (κ3) is 2.69. The van der Waals surface area contributed by atoms with E-state index in [9.17, 15) is 10.1 Å². The average Bonchev–Trinajstić information content (AvgIpc) is 2.79. The van der Waals surface area contributed by atoms with E-state index < -0.39 is 4.92 Å². The van der Waals surface area contributed by atoms with Gasteiger partial charge in [-0.2, -0.15) is 0 Å². The zero-order chi connectivity index (χ0) is 13.1. The van der Waals surface area contributed by atoms with Gasteiger partial charge in [0.1, 0.15) is 0 Å². The van der Waals surface area contributed by atoms with Crippen LogP contribution in [0.1, 0.15) is 11.1 Å². The number of aliphatic hydroxyl groups is 1. The second kappa shape index (κ2) is 5.20. The summed E-state index contributed by atoms with van der Waals surface area (Å²) < 4.78 is 1.78. The van der Waals surface area contributed by atoms with Gasteiger partial charge in [-0.05, 0) is 23.8 Å². The van der Waals surface area contributed by atoms with E-state index in [2.05, 4.69) is 0 Å². The Morgan fingerprint density at radius 3 is 2.78 bits per heavy atom. The maximum absolute atomic E-state index is 10.9. The van der Waals surface area contributed by atoms with Gasteiger partial charge >= 0.3 is 0 Å². The number of aliphatic hydroxyl groups excluding tert-OH is 1. The van der Waals surface area contributed by atoms with Crippen molar-refractivity contribution >= 4 is 17.3 Å². The molecule has 0 bridgehead atoms. The second-order valence-electron chi connectivity index (χ2n) is 3.88. The number of halogens is 1. The van der Waals surface area contributed by atoms with Gasteiger partial charge in [-0.3, -0.25) is 10.1 Å². The minimum Gasteiger partial charge on any atom is -0.392 e. The molecule has 0 aliphatic heterocycles. The van der Waals surface area contributed by atoms with Crippen LogP contribution < -0.4 is 0 Å². The van der Waals surface area contributed by atoms with Crippen molar-refractivity contribution in [2.24, 2.45) is 0 Å². The lowest BCUT2D eigenvalue weighted by molar-refractivity contribution is -0.385. The van der Waals surface area contributed by atoms with E-state index in [0.29, 0.717) is 17.1 Å². The average molecular weight is 267 g/mol. The fourth-order valence-electron chi connectivity index (χ4n) is 1.72. The quantitative estimate of drug-likeness (QED) is 0.683. The number of aromatic nitrogens is 1. The van der Waals surface area contributed by atoms with Crippen LogP contribution in [0, 0.1) is 10.1 Å². The Morgan fingerprint density at radius 1 is 1.39 bits per heavy atom. The van der Waals surface area contributed by atoms with Gasteiger partial charge in [0, 0.05) is 29.0 Å². The topological polar surface area (TPSA) is 68.3 Å². The van der Waals surface area contributed by atoms with Crippen LogP contribution in [0.3, 0.4) is 0 Å². The Bertz CT molecular complexity index is 580. The fourth-order valence-corrected chi connectivity index (χ4v) is 1.89. The van der Waals surface area contributed by atoms with Gasteiger partial charge in [0.2, 0.25) is 0 Å². The summed E-state index contributed by atoms with van der Waals surface area (Å²) in [5.74, 6) is 0. The maximum Gasteiger partial charge on any atom is 0.275 e. The summed E-state index contributed by atoms with van der Waals surface area (Å²) in [6, 6.07) is 6.37. The summed E-state index contributed by atoms with van der Waals surface area (Å²) in [5, 5.41) is 20.2. The Morgan fingerprint density at radius 2 is 2.17 bits per heavy atom.